The van der Waals surface area contributed by atoms with Crippen molar-refractivity contribution < 1.29 is 8.42 Å². The van der Waals surface area contributed by atoms with Crippen molar-refractivity contribution in [3.8, 4) is 0 Å². The highest BCUT2D eigenvalue weighted by Crippen LogP contribution is 2.26. The van der Waals surface area contributed by atoms with Gasteiger partial charge in [0.25, 0.3) is 0 Å². The third kappa shape index (κ3) is 5.29. The lowest BCUT2D eigenvalue weighted by Crippen LogP contribution is -2.42. The van der Waals surface area contributed by atoms with Gasteiger partial charge in [0.15, 0.2) is 0 Å². The van der Waals surface area contributed by atoms with Gasteiger partial charge in [-0.1, -0.05) is 11.6 Å². The van der Waals surface area contributed by atoms with E-state index in [-0.39, 0.29) is 0 Å². The Kier molecular flexibility index (Phi) is 5.86. The van der Waals surface area contributed by atoms with Crippen LogP contribution in [0.4, 0.5) is 5.82 Å². The van der Waals surface area contributed by atoms with Crippen molar-refractivity contribution in [3.05, 3.63) is 17.5 Å². The number of sulfonamides is 1. The Hall–Kier alpha value is -0.920. The number of aromatic nitrogens is 2. The molecule has 8 heteroatoms. The second kappa shape index (κ2) is 7.32. The Morgan fingerprint density at radius 2 is 1.87 bits per heavy atom. The molecular formula is C15H25ClN4O2S. The molecule has 0 spiro atoms. The van der Waals surface area contributed by atoms with E-state index in [2.05, 4.69) is 20.0 Å². The van der Waals surface area contributed by atoms with E-state index in [0.717, 1.165) is 25.7 Å². The van der Waals surface area contributed by atoms with Crippen LogP contribution in [0, 0.1) is 5.92 Å². The molecule has 0 bridgehead atoms. The summed E-state index contributed by atoms with van der Waals surface area (Å²) < 4.78 is 26.1. The van der Waals surface area contributed by atoms with Gasteiger partial charge in [0.2, 0.25) is 10.0 Å². The van der Waals surface area contributed by atoms with Gasteiger partial charge in [-0.15, -0.1) is 0 Å². The molecule has 1 aromatic rings. The van der Waals surface area contributed by atoms with Gasteiger partial charge in [0.1, 0.15) is 11.0 Å². The average molecular weight is 361 g/mol. The average Bonchev–Trinajstić information content (AvgIpc) is 2.45. The first-order valence-corrected chi connectivity index (χ1v) is 9.77. The molecule has 1 fully saturated rings. The van der Waals surface area contributed by atoms with Gasteiger partial charge in [0, 0.05) is 12.6 Å². The maximum atomic E-state index is 12.1. The van der Waals surface area contributed by atoms with E-state index < -0.39 is 14.8 Å². The molecule has 0 aromatic carbocycles. The van der Waals surface area contributed by atoms with E-state index in [4.69, 9.17) is 11.6 Å². The minimum absolute atomic E-state index is 0.332. The molecule has 130 valence electrons. The van der Waals surface area contributed by atoms with Crippen molar-refractivity contribution >= 4 is 27.4 Å². The lowest BCUT2D eigenvalue weighted by Gasteiger charge is -2.30. The lowest BCUT2D eigenvalue weighted by molar-refractivity contribution is 0.336. The van der Waals surface area contributed by atoms with Crippen LogP contribution < -0.4 is 10.0 Å². The fourth-order valence-corrected chi connectivity index (χ4v) is 3.61. The van der Waals surface area contributed by atoms with Crippen molar-refractivity contribution in [3.63, 3.8) is 0 Å². The Labute approximate surface area is 143 Å². The van der Waals surface area contributed by atoms with Crippen LogP contribution in [0.1, 0.15) is 46.5 Å². The van der Waals surface area contributed by atoms with Crippen LogP contribution in [0.2, 0.25) is 5.15 Å². The fourth-order valence-electron chi connectivity index (χ4n) is 2.58. The smallest absolute Gasteiger partial charge is 0.216 e. The van der Waals surface area contributed by atoms with Gasteiger partial charge in [-0.2, -0.15) is 0 Å². The second-order valence-corrected chi connectivity index (χ2v) is 9.96. The first-order valence-electron chi connectivity index (χ1n) is 7.90. The van der Waals surface area contributed by atoms with E-state index in [1.54, 1.807) is 27.0 Å². The van der Waals surface area contributed by atoms with Crippen LogP contribution in [0.15, 0.2) is 12.4 Å². The largest absolute Gasteiger partial charge is 0.366 e. The number of anilines is 1. The monoisotopic (exact) mass is 360 g/mol. The van der Waals surface area contributed by atoms with E-state index in [1.807, 2.05) is 0 Å². The summed E-state index contributed by atoms with van der Waals surface area (Å²) in [6.45, 7) is 5.65. The van der Waals surface area contributed by atoms with Crippen molar-refractivity contribution in [1.82, 2.24) is 14.7 Å². The minimum atomic E-state index is -3.26. The molecule has 2 N–H and O–H groups in total. The Balaban J connectivity index is 1.78. The second-order valence-electron chi connectivity index (χ2n) is 7.05. The third-order valence-corrected chi connectivity index (χ3v) is 6.51. The van der Waals surface area contributed by atoms with Crippen LogP contribution in [-0.2, 0) is 10.0 Å². The molecule has 1 saturated carbocycles. The SMILES string of the molecule is CC(C)(C)S(=O)(=O)NC[C@H]1CC[C@H](Nc2cncc(Cl)n2)CC1. The summed E-state index contributed by atoms with van der Waals surface area (Å²) in [6, 6.07) is 0.332. The Morgan fingerprint density at radius 3 is 2.43 bits per heavy atom. The van der Waals surface area contributed by atoms with Crippen LogP contribution >= 0.6 is 11.6 Å². The number of hydrogen-bond donors (Lipinski definition) is 2. The maximum absolute atomic E-state index is 12.1. The molecule has 0 saturated heterocycles. The van der Waals surface area contributed by atoms with E-state index in [9.17, 15) is 8.42 Å². The number of nitrogens with zero attached hydrogens (tertiary/aromatic N) is 2. The van der Waals surface area contributed by atoms with Gasteiger partial charge in [-0.25, -0.2) is 18.1 Å². The van der Waals surface area contributed by atoms with E-state index >= 15 is 0 Å². The van der Waals surface area contributed by atoms with Crippen LogP contribution in [-0.4, -0.2) is 35.7 Å². The van der Waals surface area contributed by atoms with Crippen LogP contribution in [0.25, 0.3) is 0 Å². The van der Waals surface area contributed by atoms with Crippen LogP contribution in [0.3, 0.4) is 0 Å². The minimum Gasteiger partial charge on any atom is -0.366 e. The molecule has 1 aromatic heterocycles. The molecule has 23 heavy (non-hydrogen) atoms. The van der Waals surface area contributed by atoms with Gasteiger partial charge in [-0.3, -0.25) is 4.98 Å². The zero-order valence-corrected chi connectivity index (χ0v) is 15.4. The molecule has 0 unspecified atom stereocenters. The zero-order chi connectivity index (χ0) is 17.1. The van der Waals surface area contributed by atoms with Crippen LogP contribution in [0.5, 0.6) is 0 Å². The summed E-state index contributed by atoms with van der Waals surface area (Å²) in [7, 11) is -3.26. The van der Waals surface area contributed by atoms with Gasteiger partial charge < -0.3 is 5.32 Å². The summed E-state index contributed by atoms with van der Waals surface area (Å²) in [4.78, 5) is 8.19. The highest BCUT2D eigenvalue weighted by molar-refractivity contribution is 7.90. The zero-order valence-electron chi connectivity index (χ0n) is 13.8. The van der Waals surface area contributed by atoms with Crippen molar-refractivity contribution in [2.24, 2.45) is 5.92 Å². The highest BCUT2D eigenvalue weighted by atomic mass is 35.5. The Morgan fingerprint density at radius 1 is 1.22 bits per heavy atom. The van der Waals surface area contributed by atoms with Gasteiger partial charge in [-0.05, 0) is 52.4 Å². The van der Waals surface area contributed by atoms with Crippen molar-refractivity contribution in [2.45, 2.75) is 57.2 Å². The maximum Gasteiger partial charge on any atom is 0.216 e. The summed E-state index contributed by atoms with van der Waals surface area (Å²) in [5.74, 6) is 1.07. The van der Waals surface area contributed by atoms with Gasteiger partial charge in [0.05, 0.1) is 17.1 Å². The predicted molar refractivity (Wildman–Crippen MR) is 93.1 cm³/mol. The molecule has 0 amide bonds. The van der Waals surface area contributed by atoms with Gasteiger partial charge >= 0.3 is 0 Å². The topological polar surface area (TPSA) is 84.0 Å². The summed E-state index contributed by atoms with van der Waals surface area (Å²) in [5, 5.41) is 3.72. The molecule has 0 atom stereocenters. The third-order valence-electron chi connectivity index (χ3n) is 4.17. The van der Waals surface area contributed by atoms with Crippen molar-refractivity contribution in [1.29, 1.82) is 0 Å². The number of hydrogen-bond acceptors (Lipinski definition) is 5. The summed E-state index contributed by atoms with van der Waals surface area (Å²) in [6.07, 6.45) is 7.10. The molecule has 2 rings (SSSR count). The molecule has 0 radical (unpaired) electrons. The molecular weight excluding hydrogens is 336 g/mol. The summed E-state index contributed by atoms with van der Waals surface area (Å²) in [5.41, 5.74) is 0. The number of halogens is 1. The normalized spacial score (nSPS) is 22.8. The molecule has 0 aliphatic heterocycles. The molecule has 1 aliphatic rings. The summed E-state index contributed by atoms with van der Waals surface area (Å²) >= 11 is 5.83. The molecule has 1 heterocycles. The quantitative estimate of drug-likeness (QED) is 0.843. The first kappa shape index (κ1) is 18.4. The highest BCUT2D eigenvalue weighted by Gasteiger charge is 2.30. The van der Waals surface area contributed by atoms with E-state index in [0.29, 0.717) is 29.5 Å². The standard InChI is InChI=1S/C15H25ClN4O2S/c1-15(2,3)23(21,22)18-8-11-4-6-12(7-5-11)19-14-10-17-9-13(16)20-14/h9-12,18H,4-8H2,1-3H3,(H,19,20)/t11-,12-. The van der Waals surface area contributed by atoms with E-state index in [1.165, 1.54) is 6.20 Å². The molecule has 1 aliphatic carbocycles. The molecule has 6 nitrogen and oxygen atoms in total. The lowest BCUT2D eigenvalue weighted by atomic mass is 9.86. The first-order chi connectivity index (χ1) is 10.7. The van der Waals surface area contributed by atoms with Crippen molar-refractivity contribution in [2.75, 3.05) is 11.9 Å². The fraction of sp³-hybridized carbons (Fsp3) is 0.733. The predicted octanol–water partition coefficient (Wildman–Crippen LogP) is 2.82. The Bertz CT molecular complexity index is 623. The number of nitrogens with one attached hydrogen (secondary N) is 2. The number of rotatable bonds is 5.